The second kappa shape index (κ2) is 6.69. The number of amides is 2. The highest BCUT2D eigenvalue weighted by Gasteiger charge is 2.62. The van der Waals surface area contributed by atoms with Crippen molar-refractivity contribution < 1.29 is 14.3 Å². The fraction of sp³-hybridized carbons (Fsp3) is 0.333. The maximum atomic E-state index is 13.4. The molecule has 3 heterocycles. The summed E-state index contributed by atoms with van der Waals surface area (Å²) in [7, 11) is 1.64. The molecule has 3 aliphatic heterocycles. The topological polar surface area (TPSA) is 53.1 Å². The number of halogens is 1. The Morgan fingerprint density at radius 1 is 0.893 bits per heavy atom. The summed E-state index contributed by atoms with van der Waals surface area (Å²) in [5.41, 5.74) is 1.67. The number of nitrogens with zero attached hydrogens (tertiary/aromatic N) is 3. The summed E-state index contributed by atoms with van der Waals surface area (Å²) in [6, 6.07) is 14.6. The molecular formula is C21H20BrN3O3. The Kier molecular flexibility index (Phi) is 4.26. The summed E-state index contributed by atoms with van der Waals surface area (Å²) in [5, 5.41) is 4.32. The first-order chi connectivity index (χ1) is 13.6. The first-order valence-electron chi connectivity index (χ1n) is 9.40. The summed E-state index contributed by atoms with van der Waals surface area (Å²) in [5.74, 6) is 0.138. The lowest BCUT2D eigenvalue weighted by Gasteiger charge is -2.29. The van der Waals surface area contributed by atoms with Gasteiger partial charge in [0, 0.05) is 17.6 Å². The summed E-state index contributed by atoms with van der Waals surface area (Å²) in [4.78, 5) is 28.1. The van der Waals surface area contributed by atoms with Gasteiger partial charge in [-0.05, 0) is 48.4 Å². The van der Waals surface area contributed by atoms with E-state index < -0.39 is 12.0 Å². The van der Waals surface area contributed by atoms with Crippen LogP contribution in [0.25, 0.3) is 0 Å². The Morgan fingerprint density at radius 3 is 2.18 bits per heavy atom. The number of carbonyl (C=O) groups excluding carboxylic acids is 2. The first-order valence-corrected chi connectivity index (χ1v) is 10.2. The minimum atomic E-state index is -0.425. The van der Waals surface area contributed by atoms with Crippen LogP contribution < -0.4 is 9.64 Å². The number of rotatable bonds is 3. The Balaban J connectivity index is 1.55. The molecule has 3 fully saturated rings. The predicted molar refractivity (Wildman–Crippen MR) is 108 cm³/mol. The van der Waals surface area contributed by atoms with E-state index in [1.807, 2.05) is 48.5 Å². The molecule has 3 saturated heterocycles. The second-order valence-electron chi connectivity index (χ2n) is 7.36. The number of anilines is 1. The molecular weight excluding hydrogens is 422 g/mol. The van der Waals surface area contributed by atoms with Gasteiger partial charge in [0.25, 0.3) is 5.91 Å². The highest BCUT2D eigenvalue weighted by atomic mass is 79.9. The van der Waals surface area contributed by atoms with Crippen molar-refractivity contribution in [3.8, 4) is 5.75 Å². The van der Waals surface area contributed by atoms with Gasteiger partial charge in [-0.15, -0.1) is 0 Å². The third-order valence-corrected chi connectivity index (χ3v) is 6.48. The molecule has 7 heteroatoms. The number of ether oxygens (including phenoxy) is 1. The van der Waals surface area contributed by atoms with Crippen molar-refractivity contribution >= 4 is 33.4 Å². The summed E-state index contributed by atoms with van der Waals surface area (Å²) >= 11 is 3.41. The van der Waals surface area contributed by atoms with Gasteiger partial charge in [0.05, 0.1) is 24.8 Å². The minimum absolute atomic E-state index is 0.118. The van der Waals surface area contributed by atoms with Crippen LogP contribution in [-0.2, 0) is 9.59 Å². The Labute approximate surface area is 171 Å². The van der Waals surface area contributed by atoms with E-state index in [0.29, 0.717) is 5.69 Å². The van der Waals surface area contributed by atoms with Gasteiger partial charge >= 0.3 is 0 Å². The van der Waals surface area contributed by atoms with E-state index >= 15 is 0 Å². The second-order valence-corrected chi connectivity index (χ2v) is 8.27. The van der Waals surface area contributed by atoms with Crippen LogP contribution in [0.15, 0.2) is 53.0 Å². The first kappa shape index (κ1) is 17.8. The van der Waals surface area contributed by atoms with E-state index in [1.54, 1.807) is 7.11 Å². The SMILES string of the molecule is COc1ccc([C@@H]2[C@H]3C(=O)N(c4ccc(Br)cc4)C(=O)[C@H]3N3CCCN23)cc1. The predicted octanol–water partition coefficient (Wildman–Crippen LogP) is 2.99. The fourth-order valence-electron chi connectivity index (χ4n) is 4.76. The van der Waals surface area contributed by atoms with Crippen molar-refractivity contribution in [3.63, 3.8) is 0 Å². The van der Waals surface area contributed by atoms with E-state index in [-0.39, 0.29) is 17.9 Å². The highest BCUT2D eigenvalue weighted by molar-refractivity contribution is 9.10. The quantitative estimate of drug-likeness (QED) is 0.685. The molecule has 2 aromatic rings. The highest BCUT2D eigenvalue weighted by Crippen LogP contribution is 2.49. The zero-order valence-electron chi connectivity index (χ0n) is 15.4. The van der Waals surface area contributed by atoms with Crippen LogP contribution in [0.4, 0.5) is 5.69 Å². The molecule has 28 heavy (non-hydrogen) atoms. The molecule has 0 aromatic heterocycles. The molecule has 2 aromatic carbocycles. The third kappa shape index (κ3) is 2.53. The Bertz CT molecular complexity index is 931. The van der Waals surface area contributed by atoms with Crippen LogP contribution in [0.3, 0.4) is 0 Å². The van der Waals surface area contributed by atoms with Crippen molar-refractivity contribution in [2.45, 2.75) is 18.5 Å². The van der Waals surface area contributed by atoms with E-state index in [0.717, 1.165) is 35.3 Å². The van der Waals surface area contributed by atoms with E-state index in [4.69, 9.17) is 4.74 Å². The Hall–Kier alpha value is -2.22. The average molecular weight is 442 g/mol. The van der Waals surface area contributed by atoms with Gasteiger partial charge in [-0.3, -0.25) is 9.59 Å². The number of hydrogen-bond donors (Lipinski definition) is 0. The van der Waals surface area contributed by atoms with E-state index in [2.05, 4.69) is 25.9 Å². The largest absolute Gasteiger partial charge is 0.497 e. The molecule has 0 saturated carbocycles. The van der Waals surface area contributed by atoms with Crippen molar-refractivity contribution in [2.75, 3.05) is 25.1 Å². The van der Waals surface area contributed by atoms with Crippen LogP contribution in [0.1, 0.15) is 18.0 Å². The van der Waals surface area contributed by atoms with Gasteiger partial charge in [-0.2, -0.15) is 0 Å². The van der Waals surface area contributed by atoms with Crippen LogP contribution in [0, 0.1) is 5.92 Å². The van der Waals surface area contributed by atoms with Gasteiger partial charge < -0.3 is 4.74 Å². The van der Waals surface area contributed by atoms with Crippen LogP contribution >= 0.6 is 15.9 Å². The standard InChI is InChI=1S/C21H20BrN3O3/c1-28-16-9-3-13(4-10-16)18-17-19(24-12-2-11-23(18)24)21(27)25(20(17)26)15-7-5-14(22)6-8-15/h3-10,17-19H,2,11-12H2,1H3/t17-,18-,19+/m1/s1. The number of benzene rings is 2. The summed E-state index contributed by atoms with van der Waals surface area (Å²) < 4.78 is 6.18. The minimum Gasteiger partial charge on any atom is -0.497 e. The number of hydrazine groups is 1. The van der Waals surface area contributed by atoms with Crippen molar-refractivity contribution in [3.05, 3.63) is 58.6 Å². The van der Waals surface area contributed by atoms with Gasteiger partial charge in [0.2, 0.25) is 5.91 Å². The molecule has 144 valence electrons. The normalized spacial score (nSPS) is 27.4. The Morgan fingerprint density at radius 2 is 1.54 bits per heavy atom. The maximum Gasteiger partial charge on any atom is 0.253 e. The fourth-order valence-corrected chi connectivity index (χ4v) is 5.02. The molecule has 3 aliphatic rings. The molecule has 3 atom stereocenters. The molecule has 0 N–H and O–H groups in total. The van der Waals surface area contributed by atoms with Gasteiger partial charge in [0.15, 0.2) is 0 Å². The number of methoxy groups -OCH3 is 1. The van der Waals surface area contributed by atoms with Crippen molar-refractivity contribution in [2.24, 2.45) is 5.92 Å². The zero-order chi connectivity index (χ0) is 19.4. The molecule has 0 bridgehead atoms. The maximum absolute atomic E-state index is 13.4. The lowest BCUT2D eigenvalue weighted by atomic mass is 9.90. The third-order valence-electron chi connectivity index (χ3n) is 5.95. The van der Waals surface area contributed by atoms with E-state index in [9.17, 15) is 9.59 Å². The smallest absolute Gasteiger partial charge is 0.253 e. The molecule has 2 amide bonds. The molecule has 0 radical (unpaired) electrons. The monoisotopic (exact) mass is 441 g/mol. The van der Waals surface area contributed by atoms with Gasteiger partial charge in [-0.1, -0.05) is 28.1 Å². The molecule has 5 rings (SSSR count). The summed E-state index contributed by atoms with van der Waals surface area (Å²) in [6.45, 7) is 1.67. The van der Waals surface area contributed by atoms with Crippen molar-refractivity contribution in [1.82, 2.24) is 10.0 Å². The van der Waals surface area contributed by atoms with Crippen LogP contribution in [0.2, 0.25) is 0 Å². The molecule has 0 spiro atoms. The average Bonchev–Trinajstić information content (AvgIpc) is 3.35. The van der Waals surface area contributed by atoms with E-state index in [1.165, 1.54) is 4.90 Å². The molecule has 6 nitrogen and oxygen atoms in total. The van der Waals surface area contributed by atoms with Gasteiger partial charge in [0.1, 0.15) is 11.8 Å². The zero-order valence-corrected chi connectivity index (χ0v) is 17.0. The van der Waals surface area contributed by atoms with Crippen LogP contribution in [-0.4, -0.2) is 48.1 Å². The number of carbonyl (C=O) groups is 2. The van der Waals surface area contributed by atoms with Crippen LogP contribution in [0.5, 0.6) is 5.75 Å². The lowest BCUT2D eigenvalue weighted by molar-refractivity contribution is -0.126. The summed E-state index contributed by atoms with van der Waals surface area (Å²) in [6.07, 6.45) is 0.996. The molecule has 0 unspecified atom stereocenters. The molecule has 0 aliphatic carbocycles. The lowest BCUT2D eigenvalue weighted by Crippen LogP contribution is -2.44. The number of imide groups is 1. The van der Waals surface area contributed by atoms with Crippen molar-refractivity contribution in [1.29, 1.82) is 0 Å². The number of fused-ring (bicyclic) bond motifs is 3. The number of hydrogen-bond acceptors (Lipinski definition) is 5. The van der Waals surface area contributed by atoms with Gasteiger partial charge in [-0.25, -0.2) is 14.9 Å².